The van der Waals surface area contributed by atoms with Crippen LogP contribution in [0.4, 0.5) is 5.82 Å². The number of nitrogen functional groups attached to an aromatic ring is 1. The van der Waals surface area contributed by atoms with Crippen molar-refractivity contribution in [3.8, 4) is 0 Å². The number of ether oxygens (including phenoxy) is 2. The molecule has 2 aromatic rings. The molecule has 0 aliphatic carbocycles. The number of hydrogen-bond acceptors (Lipinski definition) is 11. The van der Waals surface area contributed by atoms with Crippen LogP contribution in [0.2, 0.25) is 0 Å². The standard InChI is InChI=1S/C14H15BBrN5O8P/c15-30(25)26-3-5-9(29-30)10(28-7(24)2-1-6(22)23)13(27-5)21-12-8(20-14(21)16)11(17)18-4-19-12/h4-5,9-10,13,25H,1-3H2,(H,22,23)(H2,17,18,19)/q+1/t5-,9-,10-,13-,30?/m1/s1. The summed E-state index contributed by atoms with van der Waals surface area (Å²) in [6.45, 7) is -0.105. The summed E-state index contributed by atoms with van der Waals surface area (Å²) in [6, 6.07) is 0. The lowest BCUT2D eigenvalue weighted by Gasteiger charge is -2.29. The Morgan fingerprint density at radius 2 is 2.20 bits per heavy atom. The van der Waals surface area contributed by atoms with Gasteiger partial charge in [0.05, 0.1) is 12.8 Å². The Kier molecular flexibility index (Phi) is 5.68. The molecule has 2 radical (unpaired) electrons. The summed E-state index contributed by atoms with van der Waals surface area (Å²) in [5, 5.41) is 8.80. The lowest BCUT2D eigenvalue weighted by Crippen LogP contribution is -2.42. The molecule has 2 saturated heterocycles. The van der Waals surface area contributed by atoms with Gasteiger partial charge in [-0.2, -0.15) is 9.05 Å². The third-order valence-corrected chi connectivity index (χ3v) is 6.13. The average Bonchev–Trinajstić information content (AvgIpc) is 3.17. The molecule has 4 N–H and O–H groups in total. The van der Waals surface area contributed by atoms with Gasteiger partial charge in [0.1, 0.15) is 19.0 Å². The number of anilines is 1. The maximum Gasteiger partial charge on any atom is 0.488 e. The second-order valence-electron chi connectivity index (χ2n) is 6.53. The van der Waals surface area contributed by atoms with Gasteiger partial charge in [-0.05, 0) is 15.9 Å². The van der Waals surface area contributed by atoms with Gasteiger partial charge in [-0.15, -0.1) is 0 Å². The monoisotopic (exact) mass is 502 g/mol. The molecule has 1 unspecified atom stereocenters. The molecule has 158 valence electrons. The van der Waals surface area contributed by atoms with Gasteiger partial charge in [0.15, 0.2) is 40.2 Å². The van der Waals surface area contributed by atoms with E-state index in [9.17, 15) is 14.5 Å². The normalized spacial score (nSPS) is 30.9. The average molecular weight is 503 g/mol. The predicted octanol–water partition coefficient (Wildman–Crippen LogP) is 0.0988. The molecule has 30 heavy (non-hydrogen) atoms. The Bertz CT molecular complexity index is 1010. The molecular formula is C14H15BBrN5O8P+. The van der Waals surface area contributed by atoms with E-state index in [4.69, 9.17) is 36.9 Å². The minimum atomic E-state index is -3.64. The van der Waals surface area contributed by atoms with E-state index in [1.165, 1.54) is 10.9 Å². The number of nitrogens with zero attached hydrogens (tertiary/aromatic N) is 4. The molecule has 4 heterocycles. The summed E-state index contributed by atoms with van der Waals surface area (Å²) in [7, 11) is 1.98. The van der Waals surface area contributed by atoms with Gasteiger partial charge in [0.25, 0.3) is 0 Å². The van der Waals surface area contributed by atoms with Crippen molar-refractivity contribution in [3.63, 3.8) is 0 Å². The van der Waals surface area contributed by atoms with Crippen LogP contribution in [-0.4, -0.2) is 73.9 Å². The third kappa shape index (κ3) is 4.00. The van der Waals surface area contributed by atoms with E-state index < -0.39 is 50.7 Å². The van der Waals surface area contributed by atoms with Crippen LogP contribution in [0.15, 0.2) is 11.1 Å². The third-order valence-electron chi connectivity index (χ3n) is 4.51. The van der Waals surface area contributed by atoms with Crippen LogP contribution in [-0.2, 0) is 28.1 Å². The highest BCUT2D eigenvalue weighted by Gasteiger charge is 2.59. The smallest absolute Gasteiger partial charge is 0.481 e. The Labute approximate surface area is 178 Å². The van der Waals surface area contributed by atoms with Crippen LogP contribution in [0.3, 0.4) is 0 Å². The van der Waals surface area contributed by atoms with Crippen molar-refractivity contribution in [2.45, 2.75) is 37.4 Å². The molecule has 5 atom stereocenters. The van der Waals surface area contributed by atoms with Gasteiger partial charge in [0.2, 0.25) is 0 Å². The maximum atomic E-state index is 12.3. The van der Waals surface area contributed by atoms with Gasteiger partial charge in [-0.25, -0.2) is 19.8 Å². The highest BCUT2D eigenvalue weighted by atomic mass is 79.9. The van der Waals surface area contributed by atoms with Crippen LogP contribution < -0.4 is 5.73 Å². The Morgan fingerprint density at radius 3 is 2.93 bits per heavy atom. The van der Waals surface area contributed by atoms with Crippen LogP contribution in [0.25, 0.3) is 11.2 Å². The molecule has 0 saturated carbocycles. The number of imidazole rings is 1. The van der Waals surface area contributed by atoms with E-state index in [2.05, 4.69) is 30.9 Å². The van der Waals surface area contributed by atoms with E-state index in [-0.39, 0.29) is 23.6 Å². The number of carboxylic acid groups (broad SMARTS) is 1. The zero-order valence-electron chi connectivity index (χ0n) is 15.1. The summed E-state index contributed by atoms with van der Waals surface area (Å²) in [5.41, 5.74) is 6.44. The molecular weight excluding hydrogens is 488 g/mol. The Balaban J connectivity index is 1.70. The number of nitrogens with two attached hydrogens (primary N) is 1. The van der Waals surface area contributed by atoms with E-state index in [0.29, 0.717) is 11.2 Å². The predicted molar refractivity (Wildman–Crippen MR) is 104 cm³/mol. The van der Waals surface area contributed by atoms with Crippen molar-refractivity contribution in [1.82, 2.24) is 19.5 Å². The number of carbonyl (C=O) groups excluding carboxylic acids is 1. The molecule has 4 rings (SSSR count). The zero-order valence-corrected chi connectivity index (χ0v) is 17.6. The first-order valence-electron chi connectivity index (χ1n) is 8.60. The van der Waals surface area contributed by atoms with E-state index in [1.807, 2.05) is 0 Å². The molecule has 2 fully saturated rings. The maximum absolute atomic E-state index is 12.3. The number of aromatic nitrogens is 4. The first-order valence-corrected chi connectivity index (χ1v) is 11.0. The summed E-state index contributed by atoms with van der Waals surface area (Å²) in [6.07, 6.45) is -3.37. The van der Waals surface area contributed by atoms with Crippen molar-refractivity contribution in [2.75, 3.05) is 12.3 Å². The second-order valence-corrected chi connectivity index (χ2v) is 8.83. The van der Waals surface area contributed by atoms with Crippen molar-refractivity contribution >= 4 is 60.2 Å². The number of fused-ring (bicyclic) bond motifs is 2. The summed E-state index contributed by atoms with van der Waals surface area (Å²) < 4.78 is 23.8. The number of esters is 1. The van der Waals surface area contributed by atoms with E-state index in [0.717, 1.165) is 0 Å². The fourth-order valence-electron chi connectivity index (χ4n) is 3.23. The van der Waals surface area contributed by atoms with E-state index >= 15 is 0 Å². The quantitative estimate of drug-likeness (QED) is 0.217. The first kappa shape index (κ1) is 21.3. The summed E-state index contributed by atoms with van der Waals surface area (Å²) in [4.78, 5) is 45.4. The van der Waals surface area contributed by atoms with Crippen molar-refractivity contribution in [3.05, 3.63) is 11.1 Å². The molecule has 0 spiro atoms. The largest absolute Gasteiger partial charge is 0.488 e. The highest BCUT2D eigenvalue weighted by molar-refractivity contribution is 9.10. The first-order chi connectivity index (χ1) is 14.2. The number of hydrogen-bond donors (Lipinski definition) is 3. The zero-order chi connectivity index (χ0) is 21.6. The number of carboxylic acids is 1. The minimum Gasteiger partial charge on any atom is -0.481 e. The molecule has 2 aliphatic rings. The van der Waals surface area contributed by atoms with Gasteiger partial charge in [0, 0.05) is 0 Å². The number of aliphatic carboxylic acids is 1. The number of rotatable bonds is 5. The lowest BCUT2D eigenvalue weighted by molar-refractivity contribution is -0.159. The van der Waals surface area contributed by atoms with Crippen molar-refractivity contribution in [1.29, 1.82) is 0 Å². The molecule has 0 aromatic carbocycles. The minimum absolute atomic E-state index is 0.105. The van der Waals surface area contributed by atoms with Crippen LogP contribution in [0.1, 0.15) is 19.1 Å². The van der Waals surface area contributed by atoms with Crippen LogP contribution in [0, 0.1) is 0 Å². The Morgan fingerprint density at radius 1 is 1.43 bits per heavy atom. The highest BCUT2D eigenvalue weighted by Crippen LogP contribution is 2.59. The number of halogens is 1. The van der Waals surface area contributed by atoms with E-state index in [1.54, 1.807) is 0 Å². The summed E-state index contributed by atoms with van der Waals surface area (Å²) in [5.74, 6) is -1.81. The molecule has 2 aliphatic heterocycles. The Hall–Kier alpha value is -1.90. The molecule has 0 bridgehead atoms. The van der Waals surface area contributed by atoms with Crippen molar-refractivity contribution < 1.29 is 38.1 Å². The molecule has 16 heteroatoms. The van der Waals surface area contributed by atoms with Crippen LogP contribution >= 0.6 is 23.8 Å². The molecule has 0 amide bonds. The van der Waals surface area contributed by atoms with Gasteiger partial charge in [-0.1, -0.05) is 0 Å². The topological polar surface area (TPSA) is 181 Å². The molecule has 13 nitrogen and oxygen atoms in total. The molecule has 2 aromatic heterocycles. The second kappa shape index (κ2) is 7.98. The summed E-state index contributed by atoms with van der Waals surface area (Å²) >= 11 is 3.31. The van der Waals surface area contributed by atoms with Crippen molar-refractivity contribution in [2.24, 2.45) is 0 Å². The van der Waals surface area contributed by atoms with Gasteiger partial charge >= 0.3 is 27.3 Å². The van der Waals surface area contributed by atoms with Crippen LogP contribution in [0.5, 0.6) is 0 Å². The fourth-order valence-corrected chi connectivity index (χ4v) is 4.81. The lowest BCUT2D eigenvalue weighted by atomic mass is 10.1. The van der Waals surface area contributed by atoms with Gasteiger partial charge in [-0.3, -0.25) is 14.2 Å². The number of carbonyl (C=O) groups is 2. The fraction of sp³-hybridized carbons (Fsp3) is 0.500. The SMILES string of the molecule is [B][P+]1(O)OC[C@H]2O[C@@H](n3c(Br)nc4c(N)ncnc43)[C@H](OC(=O)CCC(=O)O)[C@@H]2O1. The van der Waals surface area contributed by atoms with Gasteiger partial charge < -0.3 is 20.3 Å².